The molecule has 3 heteroatoms. The summed E-state index contributed by atoms with van der Waals surface area (Å²) in [6.07, 6.45) is 0. The summed E-state index contributed by atoms with van der Waals surface area (Å²) in [7, 11) is 0. The molecule has 108 valence electrons. The Labute approximate surface area is 126 Å². The Morgan fingerprint density at radius 1 is 1.00 bits per heavy atom. The summed E-state index contributed by atoms with van der Waals surface area (Å²) in [5.41, 5.74) is 4.02. The second kappa shape index (κ2) is 7.35. The van der Waals surface area contributed by atoms with E-state index in [1.165, 1.54) is 11.3 Å². The van der Waals surface area contributed by atoms with Crippen LogP contribution >= 0.6 is 0 Å². The van der Waals surface area contributed by atoms with Crippen LogP contribution in [-0.4, -0.2) is 13.1 Å². The van der Waals surface area contributed by atoms with Crippen LogP contribution in [0, 0.1) is 11.3 Å². The number of anilines is 2. The number of nitriles is 1. The highest BCUT2D eigenvalue weighted by atomic mass is 15.1. The van der Waals surface area contributed by atoms with Crippen molar-refractivity contribution in [1.29, 1.82) is 5.26 Å². The lowest BCUT2D eigenvalue weighted by Gasteiger charge is -2.21. The lowest BCUT2D eigenvalue weighted by molar-refractivity contribution is 0.865. The van der Waals surface area contributed by atoms with E-state index in [1.54, 1.807) is 0 Å². The van der Waals surface area contributed by atoms with Crippen molar-refractivity contribution in [2.24, 2.45) is 0 Å². The normalized spacial score (nSPS) is 9.95. The molecule has 0 aliphatic rings. The number of nitrogens with one attached hydrogen (secondary N) is 1. The van der Waals surface area contributed by atoms with Gasteiger partial charge in [-0.3, -0.25) is 0 Å². The van der Waals surface area contributed by atoms with Crippen LogP contribution in [-0.2, 0) is 6.54 Å². The molecule has 2 aromatic carbocycles. The van der Waals surface area contributed by atoms with Gasteiger partial charge in [0.1, 0.15) is 6.07 Å². The van der Waals surface area contributed by atoms with E-state index >= 15 is 0 Å². The first-order chi connectivity index (χ1) is 10.3. The smallest absolute Gasteiger partial charge is 0.101 e. The van der Waals surface area contributed by atoms with Crippen molar-refractivity contribution >= 4 is 11.4 Å². The number of nitrogens with zero attached hydrogens (tertiary/aromatic N) is 2. The molecule has 0 spiro atoms. The Bertz CT molecular complexity index is 607. The standard InChI is InChI=1S/C18H21N3/c1-3-21(4-2)17-11-9-15(10-12-17)14-20-18-8-6-5-7-16(18)13-19/h5-12,20H,3-4,14H2,1-2H3. The second-order valence-electron chi connectivity index (χ2n) is 4.85. The molecule has 0 unspecified atom stereocenters. The molecule has 2 rings (SSSR count). The lowest BCUT2D eigenvalue weighted by atomic mass is 10.1. The molecule has 0 heterocycles. The van der Waals surface area contributed by atoms with E-state index in [0.29, 0.717) is 5.56 Å². The van der Waals surface area contributed by atoms with Gasteiger partial charge in [-0.2, -0.15) is 5.26 Å². The van der Waals surface area contributed by atoms with Gasteiger partial charge in [-0.25, -0.2) is 0 Å². The number of hydrogen-bond donors (Lipinski definition) is 1. The average Bonchev–Trinajstić information content (AvgIpc) is 2.55. The molecule has 1 N–H and O–H groups in total. The molecule has 0 saturated heterocycles. The van der Waals surface area contributed by atoms with Crippen molar-refractivity contribution in [3.05, 3.63) is 59.7 Å². The molecule has 21 heavy (non-hydrogen) atoms. The van der Waals surface area contributed by atoms with Gasteiger partial charge >= 0.3 is 0 Å². The van der Waals surface area contributed by atoms with Gasteiger partial charge < -0.3 is 10.2 Å². The molecule has 0 fully saturated rings. The summed E-state index contributed by atoms with van der Waals surface area (Å²) in [5.74, 6) is 0. The lowest BCUT2D eigenvalue weighted by Crippen LogP contribution is -2.21. The van der Waals surface area contributed by atoms with Gasteiger partial charge in [0.05, 0.1) is 11.3 Å². The van der Waals surface area contributed by atoms with E-state index < -0.39 is 0 Å². The molecule has 2 aromatic rings. The quantitative estimate of drug-likeness (QED) is 0.868. The highest BCUT2D eigenvalue weighted by molar-refractivity contribution is 5.57. The Hall–Kier alpha value is -2.47. The van der Waals surface area contributed by atoms with Crippen molar-refractivity contribution in [2.75, 3.05) is 23.3 Å². The minimum absolute atomic E-state index is 0.678. The minimum Gasteiger partial charge on any atom is -0.380 e. The monoisotopic (exact) mass is 279 g/mol. The van der Waals surface area contributed by atoms with Crippen molar-refractivity contribution in [1.82, 2.24) is 0 Å². The van der Waals surface area contributed by atoms with Crippen LogP contribution in [0.2, 0.25) is 0 Å². The zero-order chi connectivity index (χ0) is 15.1. The first kappa shape index (κ1) is 14.9. The molecule has 0 aliphatic heterocycles. The summed E-state index contributed by atoms with van der Waals surface area (Å²) < 4.78 is 0. The van der Waals surface area contributed by atoms with Crippen molar-refractivity contribution < 1.29 is 0 Å². The fourth-order valence-corrected chi connectivity index (χ4v) is 2.35. The second-order valence-corrected chi connectivity index (χ2v) is 4.85. The molecular weight excluding hydrogens is 258 g/mol. The van der Waals surface area contributed by atoms with Crippen LogP contribution in [0.4, 0.5) is 11.4 Å². The predicted molar refractivity (Wildman–Crippen MR) is 88.5 cm³/mol. The maximum atomic E-state index is 9.07. The van der Waals surface area contributed by atoms with E-state index in [2.05, 4.69) is 54.4 Å². The number of hydrogen-bond acceptors (Lipinski definition) is 3. The zero-order valence-electron chi connectivity index (χ0n) is 12.6. The van der Waals surface area contributed by atoms with Crippen LogP contribution < -0.4 is 10.2 Å². The Morgan fingerprint density at radius 3 is 2.29 bits per heavy atom. The SMILES string of the molecule is CCN(CC)c1ccc(CNc2ccccc2C#N)cc1. The number of benzene rings is 2. The highest BCUT2D eigenvalue weighted by Gasteiger charge is 2.03. The molecular formula is C18H21N3. The Morgan fingerprint density at radius 2 is 1.67 bits per heavy atom. The van der Waals surface area contributed by atoms with Crippen molar-refractivity contribution in [3.63, 3.8) is 0 Å². The van der Waals surface area contributed by atoms with Gasteiger partial charge in [0.15, 0.2) is 0 Å². The van der Waals surface area contributed by atoms with Crippen LogP contribution in [0.3, 0.4) is 0 Å². The van der Waals surface area contributed by atoms with Gasteiger partial charge in [0.2, 0.25) is 0 Å². The first-order valence-corrected chi connectivity index (χ1v) is 7.35. The highest BCUT2D eigenvalue weighted by Crippen LogP contribution is 2.17. The maximum absolute atomic E-state index is 9.07. The predicted octanol–water partition coefficient (Wildman–Crippen LogP) is 4.02. The van der Waals surface area contributed by atoms with Crippen molar-refractivity contribution in [3.8, 4) is 6.07 Å². The minimum atomic E-state index is 0.678. The van der Waals surface area contributed by atoms with Crippen LogP contribution in [0.5, 0.6) is 0 Å². The molecule has 3 nitrogen and oxygen atoms in total. The molecule has 0 saturated carbocycles. The van der Waals surface area contributed by atoms with Crippen LogP contribution in [0.25, 0.3) is 0 Å². The fraction of sp³-hybridized carbons (Fsp3) is 0.278. The Balaban J connectivity index is 2.03. The molecule has 0 aliphatic carbocycles. The summed E-state index contributed by atoms with van der Waals surface area (Å²) >= 11 is 0. The molecule has 0 atom stereocenters. The van der Waals surface area contributed by atoms with E-state index in [9.17, 15) is 0 Å². The number of para-hydroxylation sites is 1. The molecule has 0 radical (unpaired) electrons. The summed E-state index contributed by atoms with van der Waals surface area (Å²) in [4.78, 5) is 2.32. The molecule has 0 bridgehead atoms. The molecule has 0 amide bonds. The summed E-state index contributed by atoms with van der Waals surface area (Å²) in [5, 5.41) is 12.4. The Kier molecular flexibility index (Phi) is 5.22. The average molecular weight is 279 g/mol. The third kappa shape index (κ3) is 3.76. The zero-order valence-corrected chi connectivity index (χ0v) is 12.6. The van der Waals surface area contributed by atoms with Gasteiger partial charge in [0.25, 0.3) is 0 Å². The largest absolute Gasteiger partial charge is 0.380 e. The fourth-order valence-electron chi connectivity index (χ4n) is 2.35. The topological polar surface area (TPSA) is 39.1 Å². The molecule has 0 aromatic heterocycles. The van der Waals surface area contributed by atoms with E-state index in [-0.39, 0.29) is 0 Å². The van der Waals surface area contributed by atoms with E-state index in [1.807, 2.05) is 24.3 Å². The van der Waals surface area contributed by atoms with Gasteiger partial charge in [-0.15, -0.1) is 0 Å². The number of rotatable bonds is 6. The third-order valence-corrected chi connectivity index (χ3v) is 3.60. The first-order valence-electron chi connectivity index (χ1n) is 7.35. The van der Waals surface area contributed by atoms with E-state index in [4.69, 9.17) is 5.26 Å². The van der Waals surface area contributed by atoms with Gasteiger partial charge in [-0.05, 0) is 43.7 Å². The maximum Gasteiger partial charge on any atom is 0.101 e. The third-order valence-electron chi connectivity index (χ3n) is 3.60. The van der Waals surface area contributed by atoms with Crippen molar-refractivity contribution in [2.45, 2.75) is 20.4 Å². The van der Waals surface area contributed by atoms with Gasteiger partial charge in [0, 0.05) is 25.3 Å². The van der Waals surface area contributed by atoms with Gasteiger partial charge in [-0.1, -0.05) is 24.3 Å². The van der Waals surface area contributed by atoms with Crippen LogP contribution in [0.1, 0.15) is 25.0 Å². The van der Waals surface area contributed by atoms with E-state index in [0.717, 1.165) is 25.3 Å². The summed E-state index contributed by atoms with van der Waals surface area (Å²) in [6, 6.07) is 18.4. The summed E-state index contributed by atoms with van der Waals surface area (Å²) in [6.45, 7) is 7.08. The van der Waals surface area contributed by atoms with Crippen LogP contribution in [0.15, 0.2) is 48.5 Å².